The minimum Gasteiger partial charge on any atom is -0.492 e. The minimum absolute atomic E-state index is 0.195. The summed E-state index contributed by atoms with van der Waals surface area (Å²) in [4.78, 5) is 12.3. The molecule has 2 aromatic carbocycles. The number of rotatable bonds is 9. The largest absolute Gasteiger partial charge is 0.492 e. The van der Waals surface area contributed by atoms with Crippen molar-refractivity contribution in [3.8, 4) is 11.5 Å². The fourth-order valence-corrected chi connectivity index (χ4v) is 3.25. The van der Waals surface area contributed by atoms with Crippen LogP contribution in [0.5, 0.6) is 11.5 Å². The molecule has 0 bridgehead atoms. The molecule has 1 amide bonds. The Kier molecular flexibility index (Phi) is 7.42. The van der Waals surface area contributed by atoms with E-state index in [-0.39, 0.29) is 17.4 Å². The first kappa shape index (κ1) is 21.7. The monoisotopic (exact) mass is 406 g/mol. The summed E-state index contributed by atoms with van der Waals surface area (Å²) in [6, 6.07) is 13.6. The first-order chi connectivity index (χ1) is 13.2. The van der Waals surface area contributed by atoms with E-state index < -0.39 is 16.1 Å². The second-order valence-electron chi connectivity index (χ2n) is 6.47. The Morgan fingerprint density at radius 2 is 1.79 bits per heavy atom. The zero-order valence-electron chi connectivity index (χ0n) is 16.5. The van der Waals surface area contributed by atoms with E-state index in [0.717, 1.165) is 9.87 Å². The summed E-state index contributed by atoms with van der Waals surface area (Å²) in [6.07, 6.45) is -0.627. The molecule has 0 saturated heterocycles. The summed E-state index contributed by atoms with van der Waals surface area (Å²) in [5.74, 6) is 0.931. The van der Waals surface area contributed by atoms with Crippen molar-refractivity contribution in [1.29, 1.82) is 0 Å². The lowest BCUT2D eigenvalue weighted by Gasteiger charge is -2.15. The third-order valence-electron chi connectivity index (χ3n) is 3.94. The molecule has 0 unspecified atom stereocenters. The fourth-order valence-electron chi connectivity index (χ4n) is 2.35. The molecular weight excluding hydrogens is 380 g/mol. The Labute approximate surface area is 166 Å². The molecule has 152 valence electrons. The van der Waals surface area contributed by atoms with Crippen LogP contribution in [0.3, 0.4) is 0 Å². The van der Waals surface area contributed by atoms with Crippen LogP contribution in [0.4, 0.5) is 0 Å². The van der Waals surface area contributed by atoms with Gasteiger partial charge in [-0.25, -0.2) is 12.7 Å². The molecule has 0 heterocycles. The van der Waals surface area contributed by atoms with E-state index in [1.54, 1.807) is 25.1 Å². The molecular formula is C20H26N2O5S. The average Bonchev–Trinajstić information content (AvgIpc) is 2.65. The molecule has 2 rings (SSSR count). The molecule has 0 aliphatic carbocycles. The Hall–Kier alpha value is -2.58. The maximum atomic E-state index is 12.1. The van der Waals surface area contributed by atoms with E-state index in [2.05, 4.69) is 5.32 Å². The number of hydrogen-bond acceptors (Lipinski definition) is 5. The summed E-state index contributed by atoms with van der Waals surface area (Å²) < 4.78 is 36.3. The lowest BCUT2D eigenvalue weighted by atomic mass is 10.2. The maximum Gasteiger partial charge on any atom is 0.260 e. The van der Waals surface area contributed by atoms with Gasteiger partial charge in [-0.3, -0.25) is 4.79 Å². The predicted octanol–water partition coefficient (Wildman–Crippen LogP) is 2.21. The van der Waals surface area contributed by atoms with Gasteiger partial charge < -0.3 is 14.8 Å². The van der Waals surface area contributed by atoms with Gasteiger partial charge in [0.05, 0.1) is 11.4 Å². The van der Waals surface area contributed by atoms with Crippen molar-refractivity contribution in [2.24, 2.45) is 0 Å². The number of hydrogen-bond donors (Lipinski definition) is 1. The SMILES string of the molecule is Cc1cccc(O[C@H](C)C(=O)NCCOc2ccc(S(=O)(=O)N(C)C)cc2)c1. The number of ether oxygens (including phenoxy) is 2. The van der Waals surface area contributed by atoms with E-state index in [9.17, 15) is 13.2 Å². The second-order valence-corrected chi connectivity index (χ2v) is 8.63. The Balaban J connectivity index is 1.77. The van der Waals surface area contributed by atoms with Crippen molar-refractivity contribution in [2.75, 3.05) is 27.2 Å². The van der Waals surface area contributed by atoms with Crippen LogP contribution in [-0.2, 0) is 14.8 Å². The van der Waals surface area contributed by atoms with Gasteiger partial charge in [-0.05, 0) is 55.8 Å². The van der Waals surface area contributed by atoms with Gasteiger partial charge >= 0.3 is 0 Å². The van der Waals surface area contributed by atoms with E-state index in [1.165, 1.54) is 26.2 Å². The third-order valence-corrected chi connectivity index (χ3v) is 5.77. The van der Waals surface area contributed by atoms with E-state index in [4.69, 9.17) is 9.47 Å². The van der Waals surface area contributed by atoms with Crippen molar-refractivity contribution in [3.63, 3.8) is 0 Å². The zero-order chi connectivity index (χ0) is 20.7. The molecule has 0 aliphatic heterocycles. The van der Waals surface area contributed by atoms with E-state index >= 15 is 0 Å². The zero-order valence-corrected chi connectivity index (χ0v) is 17.3. The molecule has 7 nitrogen and oxygen atoms in total. The predicted molar refractivity (Wildman–Crippen MR) is 107 cm³/mol. The molecule has 0 aromatic heterocycles. The molecule has 0 aliphatic rings. The molecule has 2 aromatic rings. The van der Waals surface area contributed by atoms with Crippen molar-refractivity contribution in [3.05, 3.63) is 54.1 Å². The Morgan fingerprint density at radius 1 is 1.11 bits per heavy atom. The van der Waals surface area contributed by atoms with Gasteiger partial charge in [0.1, 0.15) is 18.1 Å². The van der Waals surface area contributed by atoms with Gasteiger partial charge in [-0.2, -0.15) is 0 Å². The Morgan fingerprint density at radius 3 is 2.39 bits per heavy atom. The third kappa shape index (κ3) is 5.97. The number of carbonyl (C=O) groups excluding carboxylic acids is 1. The summed E-state index contributed by atoms with van der Waals surface area (Å²) in [5, 5.41) is 2.75. The maximum absolute atomic E-state index is 12.1. The summed E-state index contributed by atoms with van der Waals surface area (Å²) >= 11 is 0. The van der Waals surface area contributed by atoms with Crippen molar-refractivity contribution >= 4 is 15.9 Å². The van der Waals surface area contributed by atoms with Crippen LogP contribution in [0, 0.1) is 6.92 Å². The van der Waals surface area contributed by atoms with E-state index in [1.807, 2.05) is 25.1 Å². The van der Waals surface area contributed by atoms with Gasteiger partial charge in [0, 0.05) is 14.1 Å². The summed E-state index contributed by atoms with van der Waals surface area (Å²) in [7, 11) is -0.505. The number of nitrogens with one attached hydrogen (secondary N) is 1. The number of carbonyl (C=O) groups is 1. The lowest BCUT2D eigenvalue weighted by Crippen LogP contribution is -2.38. The normalized spacial score (nSPS) is 12.5. The van der Waals surface area contributed by atoms with Gasteiger partial charge in [0.2, 0.25) is 10.0 Å². The van der Waals surface area contributed by atoms with Gasteiger partial charge in [0.15, 0.2) is 6.10 Å². The highest BCUT2D eigenvalue weighted by Crippen LogP contribution is 2.18. The minimum atomic E-state index is -3.46. The van der Waals surface area contributed by atoms with Crippen LogP contribution in [0.2, 0.25) is 0 Å². The number of sulfonamides is 1. The Bertz CT molecular complexity index is 895. The van der Waals surface area contributed by atoms with Crippen molar-refractivity contribution < 1.29 is 22.7 Å². The van der Waals surface area contributed by atoms with Gasteiger partial charge in [0.25, 0.3) is 5.91 Å². The molecule has 1 atom stereocenters. The quantitative estimate of drug-likeness (QED) is 0.646. The van der Waals surface area contributed by atoms with E-state index in [0.29, 0.717) is 18.0 Å². The van der Waals surface area contributed by atoms with Crippen LogP contribution >= 0.6 is 0 Å². The van der Waals surface area contributed by atoms with Crippen LogP contribution in [0.1, 0.15) is 12.5 Å². The van der Waals surface area contributed by atoms with Crippen LogP contribution in [-0.4, -0.2) is 52.0 Å². The van der Waals surface area contributed by atoms with Crippen LogP contribution < -0.4 is 14.8 Å². The second kappa shape index (κ2) is 9.57. The first-order valence-corrected chi connectivity index (χ1v) is 10.3. The number of nitrogens with zero attached hydrogens (tertiary/aromatic N) is 1. The van der Waals surface area contributed by atoms with Crippen molar-refractivity contribution in [1.82, 2.24) is 9.62 Å². The highest BCUT2D eigenvalue weighted by Gasteiger charge is 2.17. The van der Waals surface area contributed by atoms with Gasteiger partial charge in [-0.1, -0.05) is 12.1 Å². The fraction of sp³-hybridized carbons (Fsp3) is 0.350. The smallest absolute Gasteiger partial charge is 0.260 e. The highest BCUT2D eigenvalue weighted by atomic mass is 32.2. The molecule has 0 fully saturated rings. The highest BCUT2D eigenvalue weighted by molar-refractivity contribution is 7.89. The number of aryl methyl sites for hydroxylation is 1. The first-order valence-electron chi connectivity index (χ1n) is 8.86. The number of amides is 1. The lowest BCUT2D eigenvalue weighted by molar-refractivity contribution is -0.127. The molecule has 0 saturated carbocycles. The average molecular weight is 407 g/mol. The molecule has 8 heteroatoms. The van der Waals surface area contributed by atoms with Crippen molar-refractivity contribution in [2.45, 2.75) is 24.8 Å². The number of benzene rings is 2. The molecule has 1 N–H and O–H groups in total. The van der Waals surface area contributed by atoms with Crippen LogP contribution in [0.15, 0.2) is 53.4 Å². The topological polar surface area (TPSA) is 84.9 Å². The van der Waals surface area contributed by atoms with Crippen LogP contribution in [0.25, 0.3) is 0 Å². The molecule has 0 radical (unpaired) electrons. The standard InChI is InChI=1S/C20H26N2O5S/c1-15-6-5-7-18(14-15)27-16(2)20(23)21-12-13-26-17-8-10-19(11-9-17)28(24,25)22(3)4/h5-11,14,16H,12-13H2,1-4H3,(H,21,23)/t16-/m1/s1. The summed E-state index contributed by atoms with van der Waals surface area (Å²) in [5.41, 5.74) is 1.06. The summed E-state index contributed by atoms with van der Waals surface area (Å²) in [6.45, 7) is 4.20. The van der Waals surface area contributed by atoms with Gasteiger partial charge in [-0.15, -0.1) is 0 Å². The molecule has 0 spiro atoms. The molecule has 28 heavy (non-hydrogen) atoms.